The summed E-state index contributed by atoms with van der Waals surface area (Å²) in [4.78, 5) is 0. The van der Waals surface area contributed by atoms with Crippen LogP contribution in [0.2, 0.25) is 5.02 Å². The topological polar surface area (TPSA) is 21.3 Å². The zero-order valence-corrected chi connectivity index (χ0v) is 13.2. The van der Waals surface area contributed by atoms with E-state index in [1.54, 1.807) is 0 Å². The Morgan fingerprint density at radius 3 is 2.33 bits per heavy atom. The van der Waals surface area contributed by atoms with Crippen molar-refractivity contribution in [3.8, 4) is 5.75 Å². The Kier molecular flexibility index (Phi) is 6.42. The molecule has 0 bridgehead atoms. The molecule has 0 aliphatic carbocycles. The summed E-state index contributed by atoms with van der Waals surface area (Å²) in [5.41, 5.74) is 2.56. The van der Waals surface area contributed by atoms with E-state index >= 15 is 0 Å². The molecular weight excluding hydrogens is 282 g/mol. The summed E-state index contributed by atoms with van der Waals surface area (Å²) < 4.78 is 5.66. The van der Waals surface area contributed by atoms with E-state index in [1.807, 2.05) is 24.3 Å². The van der Waals surface area contributed by atoms with Gasteiger partial charge in [0, 0.05) is 17.3 Å². The maximum Gasteiger partial charge on any atom is 0.119 e. The summed E-state index contributed by atoms with van der Waals surface area (Å²) in [7, 11) is 0. The molecule has 0 saturated carbocycles. The van der Waals surface area contributed by atoms with Gasteiger partial charge in [0.1, 0.15) is 5.75 Å². The van der Waals surface area contributed by atoms with Gasteiger partial charge in [-0.3, -0.25) is 0 Å². The summed E-state index contributed by atoms with van der Waals surface area (Å²) in [5.74, 6) is 0.877. The molecule has 0 amide bonds. The van der Waals surface area contributed by atoms with Crippen LogP contribution < -0.4 is 10.1 Å². The largest absolute Gasteiger partial charge is 0.494 e. The van der Waals surface area contributed by atoms with E-state index < -0.39 is 0 Å². The Labute approximate surface area is 132 Å². The first-order valence-electron chi connectivity index (χ1n) is 7.49. The molecule has 2 aromatic carbocycles. The molecule has 2 aromatic rings. The van der Waals surface area contributed by atoms with Gasteiger partial charge in [0.2, 0.25) is 0 Å². The normalized spacial score (nSPS) is 10.4. The van der Waals surface area contributed by atoms with Crippen molar-refractivity contribution in [3.05, 3.63) is 59.1 Å². The Morgan fingerprint density at radius 1 is 0.952 bits per heavy atom. The van der Waals surface area contributed by atoms with Gasteiger partial charge in [0.15, 0.2) is 0 Å². The molecule has 0 aromatic heterocycles. The van der Waals surface area contributed by atoms with Crippen LogP contribution in [-0.4, -0.2) is 13.2 Å². The number of rotatable bonds is 8. The van der Waals surface area contributed by atoms with Gasteiger partial charge < -0.3 is 10.1 Å². The number of nitrogens with one attached hydrogen (secondary N) is 1. The number of benzene rings is 2. The highest BCUT2D eigenvalue weighted by Crippen LogP contribution is 2.15. The van der Waals surface area contributed by atoms with Crippen LogP contribution in [0.1, 0.15) is 25.3 Å². The van der Waals surface area contributed by atoms with Crippen molar-refractivity contribution in [2.45, 2.75) is 26.2 Å². The van der Waals surface area contributed by atoms with Crippen molar-refractivity contribution in [3.63, 3.8) is 0 Å². The molecular formula is C18H22ClNO. The first-order valence-corrected chi connectivity index (χ1v) is 7.87. The van der Waals surface area contributed by atoms with Gasteiger partial charge in [-0.15, -0.1) is 0 Å². The fourth-order valence-electron chi connectivity index (χ4n) is 2.04. The van der Waals surface area contributed by atoms with Crippen LogP contribution in [0.25, 0.3) is 0 Å². The number of halogens is 1. The average molecular weight is 304 g/mol. The molecule has 0 atom stereocenters. The van der Waals surface area contributed by atoms with Crippen molar-refractivity contribution in [1.29, 1.82) is 0 Å². The number of anilines is 1. The van der Waals surface area contributed by atoms with E-state index in [-0.39, 0.29) is 0 Å². The SMILES string of the molecule is CCc1ccc(NCCCCOc2ccc(Cl)cc2)cc1. The predicted molar refractivity (Wildman–Crippen MR) is 90.5 cm³/mol. The summed E-state index contributed by atoms with van der Waals surface area (Å²) in [5, 5.41) is 4.17. The average Bonchev–Trinajstić information content (AvgIpc) is 2.53. The lowest BCUT2D eigenvalue weighted by molar-refractivity contribution is 0.308. The van der Waals surface area contributed by atoms with Crippen LogP contribution in [-0.2, 0) is 6.42 Å². The van der Waals surface area contributed by atoms with Crippen LogP contribution in [0.5, 0.6) is 5.75 Å². The van der Waals surface area contributed by atoms with Crippen molar-refractivity contribution in [2.24, 2.45) is 0 Å². The maximum atomic E-state index is 5.83. The number of ether oxygens (including phenoxy) is 1. The second-order valence-electron chi connectivity index (χ2n) is 4.99. The number of unbranched alkanes of at least 4 members (excludes halogenated alkanes) is 1. The third kappa shape index (κ3) is 5.68. The van der Waals surface area contributed by atoms with E-state index in [4.69, 9.17) is 16.3 Å². The van der Waals surface area contributed by atoms with Crippen LogP contribution >= 0.6 is 11.6 Å². The van der Waals surface area contributed by atoms with Crippen molar-refractivity contribution < 1.29 is 4.74 Å². The zero-order chi connectivity index (χ0) is 14.9. The molecule has 1 N–H and O–H groups in total. The molecule has 0 fully saturated rings. The predicted octanol–water partition coefficient (Wildman–Crippen LogP) is 5.17. The lowest BCUT2D eigenvalue weighted by atomic mass is 10.1. The highest BCUT2D eigenvalue weighted by Gasteiger charge is 1.95. The van der Waals surface area contributed by atoms with E-state index in [2.05, 4.69) is 36.5 Å². The van der Waals surface area contributed by atoms with E-state index in [1.165, 1.54) is 11.3 Å². The van der Waals surface area contributed by atoms with Gasteiger partial charge >= 0.3 is 0 Å². The number of hydrogen-bond acceptors (Lipinski definition) is 2. The standard InChI is InChI=1S/C18H22ClNO/c1-2-15-5-9-17(10-6-15)20-13-3-4-14-21-18-11-7-16(19)8-12-18/h5-12,20H,2-4,13-14H2,1H3. The molecule has 0 aliphatic heterocycles. The smallest absolute Gasteiger partial charge is 0.119 e. The molecule has 0 aliphatic rings. The van der Waals surface area contributed by atoms with Crippen molar-refractivity contribution in [2.75, 3.05) is 18.5 Å². The van der Waals surface area contributed by atoms with E-state index in [0.29, 0.717) is 0 Å². The van der Waals surface area contributed by atoms with Gasteiger partial charge in [-0.05, 0) is 61.2 Å². The highest BCUT2D eigenvalue weighted by molar-refractivity contribution is 6.30. The van der Waals surface area contributed by atoms with Crippen LogP contribution in [0.4, 0.5) is 5.69 Å². The summed E-state index contributed by atoms with van der Waals surface area (Å²) in [6.45, 7) is 3.87. The lowest BCUT2D eigenvalue weighted by Gasteiger charge is -2.08. The van der Waals surface area contributed by atoms with Crippen molar-refractivity contribution in [1.82, 2.24) is 0 Å². The molecule has 0 saturated heterocycles. The molecule has 112 valence electrons. The summed E-state index contributed by atoms with van der Waals surface area (Å²) in [6, 6.07) is 16.1. The first kappa shape index (κ1) is 15.7. The Bertz CT molecular complexity index is 522. The molecule has 2 rings (SSSR count). The zero-order valence-electron chi connectivity index (χ0n) is 12.4. The van der Waals surface area contributed by atoms with Gasteiger partial charge in [0.05, 0.1) is 6.61 Å². The Balaban J connectivity index is 1.58. The monoisotopic (exact) mass is 303 g/mol. The fourth-order valence-corrected chi connectivity index (χ4v) is 2.16. The number of aryl methyl sites for hydroxylation is 1. The molecule has 0 radical (unpaired) electrons. The van der Waals surface area contributed by atoms with E-state index in [0.717, 1.165) is 43.2 Å². The lowest BCUT2D eigenvalue weighted by Crippen LogP contribution is -2.04. The summed E-state index contributed by atoms with van der Waals surface area (Å²) >= 11 is 5.83. The molecule has 0 heterocycles. The second kappa shape index (κ2) is 8.58. The quantitative estimate of drug-likeness (QED) is 0.679. The molecule has 21 heavy (non-hydrogen) atoms. The van der Waals surface area contributed by atoms with Crippen LogP contribution in [0, 0.1) is 0 Å². The van der Waals surface area contributed by atoms with Gasteiger partial charge in [0.25, 0.3) is 0 Å². The van der Waals surface area contributed by atoms with Gasteiger partial charge in [-0.2, -0.15) is 0 Å². The fraction of sp³-hybridized carbons (Fsp3) is 0.333. The van der Waals surface area contributed by atoms with Crippen LogP contribution in [0.15, 0.2) is 48.5 Å². The third-order valence-electron chi connectivity index (χ3n) is 3.34. The van der Waals surface area contributed by atoms with Crippen molar-refractivity contribution >= 4 is 17.3 Å². The first-order chi connectivity index (χ1) is 10.3. The van der Waals surface area contributed by atoms with Gasteiger partial charge in [-0.1, -0.05) is 30.7 Å². The number of hydrogen-bond donors (Lipinski definition) is 1. The molecule has 3 heteroatoms. The summed E-state index contributed by atoms with van der Waals surface area (Å²) in [6.07, 6.45) is 3.20. The minimum Gasteiger partial charge on any atom is -0.494 e. The second-order valence-corrected chi connectivity index (χ2v) is 5.42. The van der Waals surface area contributed by atoms with E-state index in [9.17, 15) is 0 Å². The highest BCUT2D eigenvalue weighted by atomic mass is 35.5. The van der Waals surface area contributed by atoms with Gasteiger partial charge in [-0.25, -0.2) is 0 Å². The third-order valence-corrected chi connectivity index (χ3v) is 3.60. The van der Waals surface area contributed by atoms with Crippen LogP contribution in [0.3, 0.4) is 0 Å². The minimum atomic E-state index is 0.734. The molecule has 0 unspecified atom stereocenters. The maximum absolute atomic E-state index is 5.83. The minimum absolute atomic E-state index is 0.734. The Hall–Kier alpha value is -1.67. The molecule has 0 spiro atoms. The molecule has 2 nitrogen and oxygen atoms in total. The Morgan fingerprint density at radius 2 is 1.67 bits per heavy atom.